The molecule has 0 fully saturated rings. The minimum absolute atomic E-state index is 0.351. The van der Waals surface area contributed by atoms with Crippen LogP contribution in [-0.4, -0.2) is 17.0 Å². The van der Waals surface area contributed by atoms with Crippen LogP contribution in [0, 0.1) is 0 Å². The van der Waals surface area contributed by atoms with Crippen molar-refractivity contribution in [3.05, 3.63) is 35.4 Å². The number of hydrogen-bond donors (Lipinski definition) is 2. The lowest BCUT2D eigenvalue weighted by Gasteiger charge is -2.18. The third-order valence-electron chi connectivity index (χ3n) is 3.52. The Morgan fingerprint density at radius 2 is 1.79 bits per heavy atom. The van der Waals surface area contributed by atoms with Crippen molar-refractivity contribution in [1.82, 2.24) is 5.43 Å². The normalized spacial score (nSPS) is 14.6. The molecule has 0 aliphatic heterocycles. The summed E-state index contributed by atoms with van der Waals surface area (Å²) >= 11 is 1.99. The van der Waals surface area contributed by atoms with Gasteiger partial charge in [-0.15, -0.1) is 0 Å². The summed E-state index contributed by atoms with van der Waals surface area (Å²) in [6.45, 7) is 8.95. The molecule has 2 nitrogen and oxygen atoms in total. The largest absolute Gasteiger partial charge is 0.271 e. The Hall–Kier alpha value is -0.510. The summed E-state index contributed by atoms with van der Waals surface area (Å²) in [5.74, 6) is 7.33. The highest BCUT2D eigenvalue weighted by molar-refractivity contribution is 7.99. The van der Waals surface area contributed by atoms with Crippen molar-refractivity contribution < 1.29 is 0 Å². The van der Waals surface area contributed by atoms with Gasteiger partial charge in [0.15, 0.2) is 0 Å². The second kappa shape index (κ2) is 8.62. The summed E-state index contributed by atoms with van der Waals surface area (Å²) in [7, 11) is 0. The number of hydrazine groups is 1. The molecule has 1 aromatic carbocycles. The molecule has 0 radical (unpaired) electrons. The highest BCUT2D eigenvalue weighted by Gasteiger charge is 2.10. The van der Waals surface area contributed by atoms with Crippen molar-refractivity contribution in [2.75, 3.05) is 5.75 Å². The fraction of sp³-hybridized carbons (Fsp3) is 0.625. The number of rotatable bonds is 8. The monoisotopic (exact) mass is 280 g/mol. The van der Waals surface area contributed by atoms with E-state index in [-0.39, 0.29) is 0 Å². The predicted octanol–water partition coefficient (Wildman–Crippen LogP) is 3.72. The fourth-order valence-corrected chi connectivity index (χ4v) is 2.90. The third-order valence-corrected chi connectivity index (χ3v) is 5.02. The number of thioether (sulfide) groups is 1. The average Bonchev–Trinajstić information content (AvgIpc) is 2.43. The molecule has 0 spiro atoms. The Morgan fingerprint density at radius 3 is 2.26 bits per heavy atom. The van der Waals surface area contributed by atoms with E-state index in [1.165, 1.54) is 17.5 Å². The summed E-state index contributed by atoms with van der Waals surface area (Å²) in [6.07, 6.45) is 2.21. The molecule has 2 unspecified atom stereocenters. The predicted molar refractivity (Wildman–Crippen MR) is 87.6 cm³/mol. The molecule has 0 saturated heterocycles. The van der Waals surface area contributed by atoms with Gasteiger partial charge in [0.2, 0.25) is 0 Å². The van der Waals surface area contributed by atoms with E-state index < -0.39 is 0 Å². The van der Waals surface area contributed by atoms with Crippen LogP contribution >= 0.6 is 11.8 Å². The Labute approximate surface area is 122 Å². The van der Waals surface area contributed by atoms with E-state index in [9.17, 15) is 0 Å². The van der Waals surface area contributed by atoms with Crippen LogP contribution in [0.1, 0.15) is 51.2 Å². The lowest BCUT2D eigenvalue weighted by atomic mass is 9.99. The van der Waals surface area contributed by atoms with Gasteiger partial charge in [-0.25, -0.2) is 0 Å². The van der Waals surface area contributed by atoms with Crippen LogP contribution in [0.15, 0.2) is 24.3 Å². The molecule has 0 aliphatic carbocycles. The first kappa shape index (κ1) is 16.5. The Balaban J connectivity index is 2.50. The summed E-state index contributed by atoms with van der Waals surface area (Å²) in [5, 5.41) is 0.708. The molecule has 0 saturated carbocycles. The standard InChI is InChI=1S/C16H28N2S/c1-5-13(4)19-11-16(18-17)10-14-6-8-15(9-7-14)12(2)3/h6-9,12-13,16,18H,5,10-11,17H2,1-4H3. The van der Waals surface area contributed by atoms with Gasteiger partial charge in [0, 0.05) is 17.0 Å². The van der Waals surface area contributed by atoms with Gasteiger partial charge in [-0.2, -0.15) is 11.8 Å². The molecule has 0 amide bonds. The zero-order chi connectivity index (χ0) is 14.3. The minimum atomic E-state index is 0.351. The molecule has 1 rings (SSSR count). The van der Waals surface area contributed by atoms with Crippen LogP contribution in [0.2, 0.25) is 0 Å². The topological polar surface area (TPSA) is 38.0 Å². The Bertz CT molecular complexity index is 348. The summed E-state index contributed by atoms with van der Waals surface area (Å²) in [5.41, 5.74) is 5.70. The third kappa shape index (κ3) is 5.98. The average molecular weight is 280 g/mol. The van der Waals surface area contributed by atoms with E-state index in [2.05, 4.69) is 57.4 Å². The molecule has 0 bridgehead atoms. The van der Waals surface area contributed by atoms with Crippen molar-refractivity contribution in [2.45, 2.75) is 57.7 Å². The molecule has 0 heterocycles. The number of nitrogens with two attached hydrogens (primary N) is 1. The molecular formula is C16H28N2S. The summed E-state index contributed by atoms with van der Waals surface area (Å²) in [4.78, 5) is 0. The van der Waals surface area contributed by atoms with Gasteiger partial charge in [-0.1, -0.05) is 52.0 Å². The molecule has 0 aliphatic rings. The summed E-state index contributed by atoms with van der Waals surface area (Å²) in [6, 6.07) is 9.27. The zero-order valence-corrected chi connectivity index (χ0v) is 13.5. The molecule has 3 N–H and O–H groups in total. The van der Waals surface area contributed by atoms with Crippen LogP contribution in [0.25, 0.3) is 0 Å². The summed E-state index contributed by atoms with van der Waals surface area (Å²) < 4.78 is 0. The van der Waals surface area contributed by atoms with Crippen LogP contribution in [0.4, 0.5) is 0 Å². The first-order chi connectivity index (χ1) is 9.06. The molecule has 3 heteroatoms. The first-order valence-corrected chi connectivity index (χ1v) is 8.28. The van der Waals surface area contributed by atoms with E-state index in [0.29, 0.717) is 17.2 Å². The van der Waals surface area contributed by atoms with Crippen molar-refractivity contribution in [2.24, 2.45) is 5.84 Å². The number of hydrogen-bond acceptors (Lipinski definition) is 3. The van der Waals surface area contributed by atoms with Crippen molar-refractivity contribution >= 4 is 11.8 Å². The molecular weight excluding hydrogens is 252 g/mol. The van der Waals surface area contributed by atoms with Gasteiger partial charge in [0.1, 0.15) is 0 Å². The maximum atomic E-state index is 5.66. The quantitative estimate of drug-likeness (QED) is 0.563. The van der Waals surface area contributed by atoms with Crippen molar-refractivity contribution in [3.8, 4) is 0 Å². The number of benzene rings is 1. The zero-order valence-electron chi connectivity index (χ0n) is 12.6. The maximum absolute atomic E-state index is 5.66. The molecule has 0 aromatic heterocycles. The van der Waals surface area contributed by atoms with Gasteiger partial charge >= 0.3 is 0 Å². The van der Waals surface area contributed by atoms with Crippen molar-refractivity contribution in [1.29, 1.82) is 0 Å². The Morgan fingerprint density at radius 1 is 1.16 bits per heavy atom. The molecule has 2 atom stereocenters. The highest BCUT2D eigenvalue weighted by Crippen LogP contribution is 2.18. The fourth-order valence-electron chi connectivity index (χ4n) is 1.89. The van der Waals surface area contributed by atoms with E-state index in [1.807, 2.05) is 11.8 Å². The van der Waals surface area contributed by atoms with Crippen LogP contribution in [0.3, 0.4) is 0 Å². The maximum Gasteiger partial charge on any atom is 0.0341 e. The van der Waals surface area contributed by atoms with Crippen LogP contribution in [0.5, 0.6) is 0 Å². The van der Waals surface area contributed by atoms with Crippen molar-refractivity contribution in [3.63, 3.8) is 0 Å². The van der Waals surface area contributed by atoms with Gasteiger partial charge in [0.25, 0.3) is 0 Å². The van der Waals surface area contributed by atoms with E-state index in [0.717, 1.165) is 12.2 Å². The second-order valence-corrected chi connectivity index (χ2v) is 6.99. The van der Waals surface area contributed by atoms with Gasteiger partial charge < -0.3 is 0 Å². The van der Waals surface area contributed by atoms with E-state index in [4.69, 9.17) is 5.84 Å². The minimum Gasteiger partial charge on any atom is -0.271 e. The molecule has 19 heavy (non-hydrogen) atoms. The highest BCUT2D eigenvalue weighted by atomic mass is 32.2. The van der Waals surface area contributed by atoms with E-state index in [1.54, 1.807) is 0 Å². The lowest BCUT2D eigenvalue weighted by molar-refractivity contribution is 0.574. The first-order valence-electron chi connectivity index (χ1n) is 7.23. The number of nitrogens with one attached hydrogen (secondary N) is 1. The van der Waals surface area contributed by atoms with Gasteiger partial charge in [-0.05, 0) is 29.9 Å². The van der Waals surface area contributed by atoms with Gasteiger partial charge in [0.05, 0.1) is 0 Å². The van der Waals surface area contributed by atoms with Crippen LogP contribution < -0.4 is 11.3 Å². The van der Waals surface area contributed by atoms with E-state index >= 15 is 0 Å². The second-order valence-electron chi connectivity index (χ2n) is 5.52. The SMILES string of the molecule is CCC(C)SCC(Cc1ccc(C(C)C)cc1)NN. The molecule has 108 valence electrons. The lowest BCUT2D eigenvalue weighted by Crippen LogP contribution is -2.39. The smallest absolute Gasteiger partial charge is 0.0341 e. The van der Waals surface area contributed by atoms with Gasteiger partial charge in [-0.3, -0.25) is 11.3 Å². The molecule has 1 aromatic rings. The Kier molecular flexibility index (Phi) is 7.51. The van der Waals surface area contributed by atoms with Crippen LogP contribution in [-0.2, 0) is 6.42 Å².